The van der Waals surface area contributed by atoms with Crippen LogP contribution in [0.3, 0.4) is 0 Å². The second-order valence-corrected chi connectivity index (χ2v) is 3.61. The van der Waals surface area contributed by atoms with Crippen molar-refractivity contribution >= 4 is 32.9 Å². The maximum atomic E-state index is 3.43. The first kappa shape index (κ1) is 11.7. The topological polar surface area (TPSA) is 3.24 Å². The first-order valence-electron chi connectivity index (χ1n) is 2.41. The van der Waals surface area contributed by atoms with Crippen molar-refractivity contribution < 1.29 is 0 Å². The lowest BCUT2D eigenvalue weighted by molar-refractivity contribution is 0.415. The summed E-state index contributed by atoms with van der Waals surface area (Å²) in [6, 6.07) is 0. The zero-order chi connectivity index (χ0) is 5.86. The molecule has 1 unspecified atom stereocenters. The molecular weight excluding hydrogens is 234 g/mol. The van der Waals surface area contributed by atoms with Crippen LogP contribution in [0.15, 0.2) is 0 Å². The van der Waals surface area contributed by atoms with Crippen molar-refractivity contribution in [3.63, 3.8) is 0 Å². The van der Waals surface area contributed by atoms with Crippen LogP contribution >= 0.6 is 32.9 Å². The minimum atomic E-state index is 0. The third-order valence-electron chi connectivity index (χ3n) is 0.617. The highest BCUT2D eigenvalue weighted by Gasteiger charge is 1.94. The Morgan fingerprint density at radius 1 is 1.50 bits per heavy atom. The Morgan fingerprint density at radius 2 is 1.88 bits per heavy atom. The molecule has 0 saturated carbocycles. The zero-order valence-corrected chi connectivity index (χ0v) is 8.82. The molecule has 0 amide bonds. The van der Waals surface area contributed by atoms with E-state index in [9.17, 15) is 0 Å². The summed E-state index contributed by atoms with van der Waals surface area (Å²) in [4.78, 5) is 2.77. The molecular formula is C5H13Br2N. The van der Waals surface area contributed by atoms with Gasteiger partial charge < -0.3 is 4.90 Å². The largest absolute Gasteiger partial charge is 0.308 e. The highest BCUT2D eigenvalue weighted by atomic mass is 79.9. The molecule has 0 aliphatic heterocycles. The predicted octanol–water partition coefficient (Wildman–Crippen LogP) is 1.91. The first-order valence-corrected chi connectivity index (χ1v) is 3.33. The summed E-state index contributed by atoms with van der Waals surface area (Å²) in [5.74, 6) is 0. The molecule has 1 nitrogen and oxygen atoms in total. The monoisotopic (exact) mass is 245 g/mol. The van der Waals surface area contributed by atoms with Gasteiger partial charge in [-0.3, -0.25) is 0 Å². The third-order valence-corrected chi connectivity index (χ3v) is 0.906. The molecule has 52 valence electrons. The molecule has 0 fully saturated rings. The van der Waals surface area contributed by atoms with E-state index < -0.39 is 0 Å². The maximum Gasteiger partial charge on any atom is 0.0244 e. The zero-order valence-electron chi connectivity index (χ0n) is 5.52. The summed E-state index contributed by atoms with van der Waals surface area (Å²) >= 11 is 3.43. The predicted molar refractivity (Wildman–Crippen MR) is 47.3 cm³/mol. The lowest BCUT2D eigenvalue weighted by Crippen LogP contribution is -2.19. The average Bonchev–Trinajstić information content (AvgIpc) is 1.27. The highest BCUT2D eigenvalue weighted by Crippen LogP contribution is 1.96. The van der Waals surface area contributed by atoms with E-state index in [-0.39, 0.29) is 17.0 Å². The molecule has 1 atom stereocenters. The molecule has 0 spiro atoms. The van der Waals surface area contributed by atoms with Crippen molar-refractivity contribution in [2.75, 3.05) is 20.6 Å². The van der Waals surface area contributed by atoms with Crippen molar-refractivity contribution in [3.05, 3.63) is 0 Å². The molecule has 0 N–H and O–H groups in total. The van der Waals surface area contributed by atoms with Crippen molar-refractivity contribution in [1.82, 2.24) is 4.90 Å². The van der Waals surface area contributed by atoms with Crippen molar-refractivity contribution in [1.29, 1.82) is 0 Å². The third kappa shape index (κ3) is 10.0. The number of alkyl halides is 1. The van der Waals surface area contributed by atoms with Crippen LogP contribution in [0.4, 0.5) is 0 Å². The van der Waals surface area contributed by atoms with E-state index in [1.165, 1.54) is 0 Å². The Bertz CT molecular complexity index is 39.7. The molecule has 0 aromatic heterocycles. The van der Waals surface area contributed by atoms with Gasteiger partial charge in [-0.1, -0.05) is 22.9 Å². The van der Waals surface area contributed by atoms with Crippen LogP contribution in [-0.4, -0.2) is 30.4 Å². The number of nitrogens with zero attached hydrogens (tertiary/aromatic N) is 1. The van der Waals surface area contributed by atoms with Gasteiger partial charge in [0.25, 0.3) is 0 Å². The van der Waals surface area contributed by atoms with Gasteiger partial charge in [0.15, 0.2) is 0 Å². The molecule has 3 heteroatoms. The maximum absolute atomic E-state index is 3.43. The van der Waals surface area contributed by atoms with E-state index in [4.69, 9.17) is 0 Å². The second-order valence-electron chi connectivity index (χ2n) is 2.04. The molecule has 0 aromatic rings. The number of hydrogen-bond donors (Lipinski definition) is 0. The van der Waals surface area contributed by atoms with Gasteiger partial charge in [-0.15, -0.1) is 17.0 Å². The number of rotatable bonds is 2. The van der Waals surface area contributed by atoms with Gasteiger partial charge in [-0.2, -0.15) is 0 Å². The van der Waals surface area contributed by atoms with E-state index in [0.717, 1.165) is 6.54 Å². The van der Waals surface area contributed by atoms with Crippen LogP contribution in [0.25, 0.3) is 0 Å². The van der Waals surface area contributed by atoms with Gasteiger partial charge in [-0.25, -0.2) is 0 Å². The normalized spacial score (nSPS) is 13.1. The van der Waals surface area contributed by atoms with Crippen LogP contribution in [0.2, 0.25) is 0 Å². The summed E-state index contributed by atoms with van der Waals surface area (Å²) in [6.45, 7) is 3.25. The summed E-state index contributed by atoms with van der Waals surface area (Å²) in [7, 11) is 4.13. The molecule has 0 bridgehead atoms. The van der Waals surface area contributed by atoms with Crippen LogP contribution in [0.1, 0.15) is 6.92 Å². The van der Waals surface area contributed by atoms with Crippen molar-refractivity contribution in [3.8, 4) is 0 Å². The lowest BCUT2D eigenvalue weighted by atomic mass is 10.5. The fourth-order valence-electron chi connectivity index (χ4n) is 0.503. The van der Waals surface area contributed by atoms with E-state index in [1.807, 2.05) is 0 Å². The number of hydrogen-bond acceptors (Lipinski definition) is 1. The fourth-order valence-corrected chi connectivity index (χ4v) is 1.08. The van der Waals surface area contributed by atoms with Gasteiger partial charge in [0.1, 0.15) is 0 Å². The summed E-state index contributed by atoms with van der Waals surface area (Å²) in [6.07, 6.45) is 0. The summed E-state index contributed by atoms with van der Waals surface area (Å²) in [5.41, 5.74) is 0. The van der Waals surface area contributed by atoms with Crippen molar-refractivity contribution in [2.24, 2.45) is 0 Å². The summed E-state index contributed by atoms with van der Waals surface area (Å²) < 4.78 is 0. The molecule has 0 aliphatic carbocycles. The molecule has 0 rings (SSSR count). The van der Waals surface area contributed by atoms with Crippen molar-refractivity contribution in [2.45, 2.75) is 11.8 Å². The Morgan fingerprint density at radius 3 is 1.88 bits per heavy atom. The SMILES string of the molecule is Br.CC(Br)CN(C)C. The smallest absolute Gasteiger partial charge is 0.0244 e. The second kappa shape index (κ2) is 6.05. The van der Waals surface area contributed by atoms with Crippen LogP contribution in [0, 0.1) is 0 Å². The van der Waals surface area contributed by atoms with Crippen LogP contribution < -0.4 is 0 Å². The average molecular weight is 247 g/mol. The van der Waals surface area contributed by atoms with E-state index in [1.54, 1.807) is 0 Å². The van der Waals surface area contributed by atoms with E-state index >= 15 is 0 Å². The number of halogens is 2. The minimum absolute atomic E-state index is 0. The van der Waals surface area contributed by atoms with Gasteiger partial charge in [-0.05, 0) is 14.1 Å². The highest BCUT2D eigenvalue weighted by molar-refractivity contribution is 9.09. The molecule has 0 saturated heterocycles. The van der Waals surface area contributed by atoms with Crippen LogP contribution in [-0.2, 0) is 0 Å². The van der Waals surface area contributed by atoms with Gasteiger partial charge >= 0.3 is 0 Å². The minimum Gasteiger partial charge on any atom is -0.308 e. The standard InChI is InChI=1S/C5H12BrN.BrH/c1-5(6)4-7(2)3;/h5H,4H2,1-3H3;1H. The molecule has 0 aromatic carbocycles. The van der Waals surface area contributed by atoms with Gasteiger partial charge in [0, 0.05) is 11.4 Å². The fraction of sp³-hybridized carbons (Fsp3) is 1.00. The first-order chi connectivity index (χ1) is 3.13. The molecule has 0 aliphatic rings. The van der Waals surface area contributed by atoms with Crippen LogP contribution in [0.5, 0.6) is 0 Å². The Labute approximate surface area is 70.3 Å². The Hall–Kier alpha value is 0.920. The van der Waals surface area contributed by atoms with E-state index in [2.05, 4.69) is 41.8 Å². The quantitative estimate of drug-likeness (QED) is 0.673. The van der Waals surface area contributed by atoms with E-state index in [0.29, 0.717) is 4.83 Å². The Kier molecular flexibility index (Phi) is 8.83. The molecule has 8 heavy (non-hydrogen) atoms. The molecule has 0 heterocycles. The molecule has 0 radical (unpaired) electrons. The Balaban J connectivity index is 0. The summed E-state index contributed by atoms with van der Waals surface area (Å²) in [5, 5.41) is 0. The van der Waals surface area contributed by atoms with Gasteiger partial charge in [0.05, 0.1) is 0 Å². The lowest BCUT2D eigenvalue weighted by Gasteiger charge is -2.09. The van der Waals surface area contributed by atoms with Gasteiger partial charge in [0.2, 0.25) is 0 Å².